The van der Waals surface area contributed by atoms with E-state index in [-0.39, 0.29) is 6.04 Å². The lowest BCUT2D eigenvalue weighted by molar-refractivity contribution is 0.0999. The topological polar surface area (TPSA) is 68.0 Å². The lowest BCUT2D eigenvalue weighted by atomic mass is 10.1. The van der Waals surface area contributed by atoms with Crippen LogP contribution in [0.5, 0.6) is 0 Å². The van der Waals surface area contributed by atoms with E-state index in [4.69, 9.17) is 5.73 Å². The Hall–Kier alpha value is -2.20. The first kappa shape index (κ1) is 13.2. The fourth-order valence-corrected chi connectivity index (χ4v) is 1.95. The molecule has 0 aliphatic heterocycles. The molecule has 1 amide bonds. The number of amides is 1. The molecule has 0 saturated carbocycles. The average Bonchev–Trinajstić information content (AvgIpc) is 2.46. The summed E-state index contributed by atoms with van der Waals surface area (Å²) >= 11 is 0. The summed E-state index contributed by atoms with van der Waals surface area (Å²) in [6.07, 6.45) is 3.54. The number of carbonyl (C=O) groups is 1. The van der Waals surface area contributed by atoms with Crippen molar-refractivity contribution in [1.29, 1.82) is 0 Å². The second-order valence-corrected chi connectivity index (χ2v) is 4.40. The molecule has 2 aromatic rings. The third-order valence-electron chi connectivity index (χ3n) is 3.09. The van der Waals surface area contributed by atoms with Crippen molar-refractivity contribution in [3.05, 3.63) is 65.5 Å². The maximum Gasteiger partial charge on any atom is 0.249 e. The summed E-state index contributed by atoms with van der Waals surface area (Å²) in [5.74, 6) is -0.394. The van der Waals surface area contributed by atoms with E-state index in [1.807, 2.05) is 30.3 Å². The Labute approximate surface area is 112 Å². The van der Waals surface area contributed by atoms with Gasteiger partial charge in [0.05, 0.1) is 0 Å². The van der Waals surface area contributed by atoms with Crippen molar-refractivity contribution in [3.63, 3.8) is 0 Å². The van der Waals surface area contributed by atoms with Gasteiger partial charge in [-0.3, -0.25) is 9.78 Å². The zero-order valence-electron chi connectivity index (χ0n) is 10.8. The molecule has 0 aliphatic carbocycles. The van der Waals surface area contributed by atoms with Crippen LogP contribution in [-0.2, 0) is 6.54 Å². The predicted octanol–water partition coefficient (Wildman–Crippen LogP) is 2.03. The number of nitrogens with one attached hydrogen (secondary N) is 1. The molecule has 4 heteroatoms. The SMILES string of the molecule is C[C@@H](NCc1ccccc1C(N)=O)c1ccncc1. The molecule has 0 saturated heterocycles. The van der Waals surface area contributed by atoms with Crippen molar-refractivity contribution in [2.45, 2.75) is 19.5 Å². The highest BCUT2D eigenvalue weighted by atomic mass is 16.1. The van der Waals surface area contributed by atoms with E-state index < -0.39 is 5.91 Å². The smallest absolute Gasteiger partial charge is 0.249 e. The molecule has 3 N–H and O–H groups in total. The molecule has 0 radical (unpaired) electrons. The molecule has 0 unspecified atom stereocenters. The first-order valence-electron chi connectivity index (χ1n) is 6.19. The number of pyridine rings is 1. The highest BCUT2D eigenvalue weighted by molar-refractivity contribution is 5.94. The van der Waals surface area contributed by atoms with Crippen LogP contribution in [0.2, 0.25) is 0 Å². The maximum absolute atomic E-state index is 11.3. The number of carbonyl (C=O) groups excluding carboxylic acids is 1. The number of nitrogens with zero attached hydrogens (tertiary/aromatic N) is 1. The minimum atomic E-state index is -0.394. The van der Waals surface area contributed by atoms with Crippen LogP contribution in [0.25, 0.3) is 0 Å². The van der Waals surface area contributed by atoms with Crippen molar-refractivity contribution in [2.75, 3.05) is 0 Å². The monoisotopic (exact) mass is 255 g/mol. The lowest BCUT2D eigenvalue weighted by Gasteiger charge is -2.15. The van der Waals surface area contributed by atoms with Gasteiger partial charge in [0.1, 0.15) is 0 Å². The van der Waals surface area contributed by atoms with Crippen LogP contribution in [0.3, 0.4) is 0 Å². The molecule has 0 spiro atoms. The number of aromatic nitrogens is 1. The van der Waals surface area contributed by atoms with E-state index in [0.29, 0.717) is 12.1 Å². The quantitative estimate of drug-likeness (QED) is 0.859. The summed E-state index contributed by atoms with van der Waals surface area (Å²) < 4.78 is 0. The molecule has 1 aromatic heterocycles. The fourth-order valence-electron chi connectivity index (χ4n) is 1.95. The van der Waals surface area contributed by atoms with Gasteiger partial charge < -0.3 is 11.1 Å². The van der Waals surface area contributed by atoms with Gasteiger partial charge in [-0.25, -0.2) is 0 Å². The van der Waals surface area contributed by atoms with Crippen LogP contribution in [0.15, 0.2) is 48.8 Å². The zero-order valence-corrected chi connectivity index (χ0v) is 10.8. The van der Waals surface area contributed by atoms with Gasteiger partial charge in [0, 0.05) is 30.5 Å². The van der Waals surface area contributed by atoms with Crippen molar-refractivity contribution in [3.8, 4) is 0 Å². The number of rotatable bonds is 5. The summed E-state index contributed by atoms with van der Waals surface area (Å²) in [7, 11) is 0. The Bertz CT molecular complexity index is 554. The number of nitrogens with two attached hydrogens (primary N) is 1. The Balaban J connectivity index is 2.05. The van der Waals surface area contributed by atoms with E-state index in [1.165, 1.54) is 0 Å². The van der Waals surface area contributed by atoms with Crippen LogP contribution >= 0.6 is 0 Å². The first-order valence-corrected chi connectivity index (χ1v) is 6.19. The lowest BCUT2D eigenvalue weighted by Crippen LogP contribution is -2.21. The minimum absolute atomic E-state index is 0.184. The molecule has 1 aromatic carbocycles. The molecule has 1 heterocycles. The number of hydrogen-bond acceptors (Lipinski definition) is 3. The zero-order chi connectivity index (χ0) is 13.7. The van der Waals surface area contributed by atoms with Crippen molar-refractivity contribution in [2.24, 2.45) is 5.73 Å². The molecular formula is C15H17N3O. The Morgan fingerprint density at radius 2 is 1.95 bits per heavy atom. The fraction of sp³-hybridized carbons (Fsp3) is 0.200. The Kier molecular flexibility index (Phi) is 4.26. The average molecular weight is 255 g/mol. The first-order chi connectivity index (χ1) is 9.18. The summed E-state index contributed by atoms with van der Waals surface area (Å²) in [4.78, 5) is 15.3. The van der Waals surface area contributed by atoms with Gasteiger partial charge in [-0.1, -0.05) is 18.2 Å². The third kappa shape index (κ3) is 3.39. The van der Waals surface area contributed by atoms with E-state index >= 15 is 0 Å². The van der Waals surface area contributed by atoms with Crippen LogP contribution < -0.4 is 11.1 Å². The van der Waals surface area contributed by atoms with Gasteiger partial charge >= 0.3 is 0 Å². The second-order valence-electron chi connectivity index (χ2n) is 4.40. The summed E-state index contributed by atoms with van der Waals surface area (Å²) in [6.45, 7) is 2.67. The van der Waals surface area contributed by atoms with Gasteiger partial charge in [-0.15, -0.1) is 0 Å². The van der Waals surface area contributed by atoms with Gasteiger partial charge in [0.15, 0.2) is 0 Å². The number of hydrogen-bond donors (Lipinski definition) is 2. The van der Waals surface area contributed by atoms with Crippen LogP contribution in [0, 0.1) is 0 Å². The molecule has 98 valence electrons. The van der Waals surface area contributed by atoms with Crippen molar-refractivity contribution < 1.29 is 4.79 Å². The number of primary amides is 1. The summed E-state index contributed by atoms with van der Waals surface area (Å²) in [5, 5.41) is 3.37. The Morgan fingerprint density at radius 1 is 1.26 bits per heavy atom. The molecular weight excluding hydrogens is 238 g/mol. The van der Waals surface area contributed by atoms with Crippen LogP contribution in [0.4, 0.5) is 0 Å². The minimum Gasteiger partial charge on any atom is -0.366 e. The number of benzene rings is 1. The van der Waals surface area contributed by atoms with Crippen molar-refractivity contribution >= 4 is 5.91 Å². The molecule has 0 fully saturated rings. The molecule has 0 bridgehead atoms. The molecule has 0 aliphatic rings. The molecule has 19 heavy (non-hydrogen) atoms. The Morgan fingerprint density at radius 3 is 2.63 bits per heavy atom. The maximum atomic E-state index is 11.3. The standard InChI is InChI=1S/C15H17N3O/c1-11(12-6-8-17-9-7-12)18-10-13-4-2-3-5-14(13)15(16)19/h2-9,11,18H,10H2,1H3,(H2,16,19)/t11-/m1/s1. The summed E-state index contributed by atoms with van der Waals surface area (Å²) in [6, 6.07) is 11.5. The van der Waals surface area contributed by atoms with Crippen molar-refractivity contribution in [1.82, 2.24) is 10.3 Å². The second kappa shape index (κ2) is 6.11. The van der Waals surface area contributed by atoms with E-state index in [2.05, 4.69) is 17.2 Å². The summed E-state index contributed by atoms with van der Waals surface area (Å²) in [5.41, 5.74) is 8.00. The van der Waals surface area contributed by atoms with E-state index in [1.54, 1.807) is 18.5 Å². The van der Waals surface area contributed by atoms with Crippen LogP contribution in [-0.4, -0.2) is 10.9 Å². The third-order valence-corrected chi connectivity index (χ3v) is 3.09. The predicted molar refractivity (Wildman–Crippen MR) is 74.5 cm³/mol. The van der Waals surface area contributed by atoms with Gasteiger partial charge in [0.2, 0.25) is 5.91 Å². The van der Waals surface area contributed by atoms with E-state index in [9.17, 15) is 4.79 Å². The highest BCUT2D eigenvalue weighted by Crippen LogP contribution is 2.13. The van der Waals surface area contributed by atoms with E-state index in [0.717, 1.165) is 11.1 Å². The molecule has 4 nitrogen and oxygen atoms in total. The van der Waals surface area contributed by atoms with Crippen LogP contribution in [0.1, 0.15) is 34.5 Å². The molecule has 2 rings (SSSR count). The molecule has 1 atom stereocenters. The van der Waals surface area contributed by atoms with Gasteiger partial charge in [-0.2, -0.15) is 0 Å². The van der Waals surface area contributed by atoms with Gasteiger partial charge in [0.25, 0.3) is 0 Å². The normalized spacial score (nSPS) is 12.1. The highest BCUT2D eigenvalue weighted by Gasteiger charge is 2.09. The van der Waals surface area contributed by atoms with Gasteiger partial charge in [-0.05, 0) is 36.2 Å². The largest absolute Gasteiger partial charge is 0.366 e.